The molecule has 0 saturated heterocycles. The Morgan fingerprint density at radius 3 is 2.83 bits per heavy atom. The van der Waals surface area contributed by atoms with E-state index in [4.69, 9.17) is 16.0 Å². The third kappa shape index (κ3) is 1.16. The maximum Gasteiger partial charge on any atom is 0.437 e. The Balaban J connectivity index is 2.30. The van der Waals surface area contributed by atoms with Crippen molar-refractivity contribution < 1.29 is 4.42 Å². The molecule has 2 rings (SSSR count). The molecule has 1 aliphatic rings. The fraction of sp³-hybridized carbons (Fsp3) is 0.714. The Kier molecular flexibility index (Phi) is 1.92. The number of hydrogen-bond acceptors (Lipinski definition) is 3. The first-order valence-corrected chi connectivity index (χ1v) is 4.49. The summed E-state index contributed by atoms with van der Waals surface area (Å²) in [5.74, 6) is 0.0958. The summed E-state index contributed by atoms with van der Waals surface area (Å²) in [6.07, 6.45) is 3.21. The Labute approximate surface area is 74.1 Å². The molecular formula is C7H9ClN2O2. The molecule has 0 radical (unpaired) electrons. The van der Waals surface area contributed by atoms with E-state index in [9.17, 15) is 4.79 Å². The van der Waals surface area contributed by atoms with Gasteiger partial charge in [-0.15, -0.1) is 16.7 Å². The fourth-order valence-corrected chi connectivity index (χ4v) is 1.35. The number of aromatic nitrogens is 2. The van der Waals surface area contributed by atoms with Gasteiger partial charge in [-0.1, -0.05) is 0 Å². The van der Waals surface area contributed by atoms with Crippen molar-refractivity contribution in [3.05, 3.63) is 16.4 Å². The van der Waals surface area contributed by atoms with E-state index in [1.807, 2.05) is 0 Å². The first-order chi connectivity index (χ1) is 5.81. The summed E-state index contributed by atoms with van der Waals surface area (Å²) in [6, 6.07) is 0.248. The average Bonchev–Trinajstić information content (AvgIpc) is 2.29. The third-order valence-corrected chi connectivity index (χ3v) is 2.37. The van der Waals surface area contributed by atoms with Crippen molar-refractivity contribution in [2.45, 2.75) is 31.2 Å². The van der Waals surface area contributed by atoms with Crippen molar-refractivity contribution in [1.82, 2.24) is 9.78 Å². The average molecular weight is 189 g/mol. The van der Waals surface area contributed by atoms with Gasteiger partial charge in [-0.25, -0.2) is 4.79 Å². The van der Waals surface area contributed by atoms with Crippen LogP contribution in [0.1, 0.15) is 31.2 Å². The summed E-state index contributed by atoms with van der Waals surface area (Å²) >= 11 is 5.47. The number of halogens is 1. The van der Waals surface area contributed by atoms with Gasteiger partial charge in [0.15, 0.2) is 0 Å². The van der Waals surface area contributed by atoms with Gasteiger partial charge in [-0.3, -0.25) is 0 Å². The van der Waals surface area contributed by atoms with Crippen LogP contribution in [0.25, 0.3) is 0 Å². The van der Waals surface area contributed by atoms with Gasteiger partial charge in [-0.05, 0) is 19.3 Å². The SMILES string of the molecule is O=c1oc(CCl)nn1C1CCC1. The maximum absolute atomic E-state index is 11.1. The van der Waals surface area contributed by atoms with Crippen LogP contribution in [0.4, 0.5) is 0 Å². The van der Waals surface area contributed by atoms with E-state index in [0.717, 1.165) is 12.8 Å². The Bertz CT molecular complexity index is 326. The summed E-state index contributed by atoms with van der Waals surface area (Å²) < 4.78 is 6.19. The van der Waals surface area contributed by atoms with Crippen LogP contribution >= 0.6 is 11.6 Å². The predicted molar refractivity (Wildman–Crippen MR) is 43.2 cm³/mol. The van der Waals surface area contributed by atoms with Crippen molar-refractivity contribution in [3.63, 3.8) is 0 Å². The first-order valence-electron chi connectivity index (χ1n) is 3.96. The van der Waals surface area contributed by atoms with Crippen LogP contribution in [0.5, 0.6) is 0 Å². The van der Waals surface area contributed by atoms with E-state index in [1.165, 1.54) is 11.1 Å². The topological polar surface area (TPSA) is 48.0 Å². The lowest BCUT2D eigenvalue weighted by molar-refractivity contribution is 0.272. The van der Waals surface area contributed by atoms with Crippen molar-refractivity contribution in [3.8, 4) is 0 Å². The lowest BCUT2D eigenvalue weighted by Gasteiger charge is -2.23. The molecule has 0 aromatic carbocycles. The summed E-state index contributed by atoms with van der Waals surface area (Å²) in [5, 5.41) is 3.96. The molecular weight excluding hydrogens is 180 g/mol. The zero-order valence-electron chi connectivity index (χ0n) is 6.49. The van der Waals surface area contributed by atoms with Crippen molar-refractivity contribution >= 4 is 11.6 Å². The second-order valence-electron chi connectivity index (χ2n) is 2.92. The van der Waals surface area contributed by atoms with Crippen LogP contribution in [0.2, 0.25) is 0 Å². The smallest absolute Gasteiger partial charge is 0.391 e. The van der Waals surface area contributed by atoms with Crippen molar-refractivity contribution in [2.24, 2.45) is 0 Å². The molecule has 0 unspecified atom stereocenters. The van der Waals surface area contributed by atoms with E-state index >= 15 is 0 Å². The Hall–Kier alpha value is -0.770. The molecule has 1 heterocycles. The zero-order chi connectivity index (χ0) is 8.55. The van der Waals surface area contributed by atoms with Gasteiger partial charge in [-0.2, -0.15) is 4.68 Å². The van der Waals surface area contributed by atoms with E-state index in [-0.39, 0.29) is 17.7 Å². The zero-order valence-corrected chi connectivity index (χ0v) is 7.25. The molecule has 0 atom stereocenters. The van der Waals surface area contributed by atoms with Gasteiger partial charge in [0.05, 0.1) is 6.04 Å². The van der Waals surface area contributed by atoms with Crippen LogP contribution in [0.15, 0.2) is 9.21 Å². The largest absolute Gasteiger partial charge is 0.437 e. The number of hydrogen-bond donors (Lipinski definition) is 0. The van der Waals surface area contributed by atoms with Crippen LogP contribution in [-0.4, -0.2) is 9.78 Å². The van der Waals surface area contributed by atoms with Crippen LogP contribution in [-0.2, 0) is 5.88 Å². The van der Waals surface area contributed by atoms with E-state index in [2.05, 4.69) is 5.10 Å². The van der Waals surface area contributed by atoms with Gasteiger partial charge in [0.25, 0.3) is 0 Å². The maximum atomic E-state index is 11.1. The van der Waals surface area contributed by atoms with Crippen LogP contribution in [0.3, 0.4) is 0 Å². The minimum Gasteiger partial charge on any atom is -0.391 e. The Morgan fingerprint density at radius 1 is 1.67 bits per heavy atom. The van der Waals surface area contributed by atoms with Crippen LogP contribution in [0, 0.1) is 0 Å². The van der Waals surface area contributed by atoms with Crippen molar-refractivity contribution in [2.75, 3.05) is 0 Å². The third-order valence-electron chi connectivity index (χ3n) is 2.15. The van der Waals surface area contributed by atoms with Gasteiger partial charge in [0.2, 0.25) is 5.89 Å². The highest BCUT2D eigenvalue weighted by molar-refractivity contribution is 6.16. The van der Waals surface area contributed by atoms with E-state index in [1.54, 1.807) is 0 Å². The monoisotopic (exact) mass is 188 g/mol. The molecule has 1 aromatic heterocycles. The summed E-state index contributed by atoms with van der Waals surface area (Å²) in [5.41, 5.74) is 0. The van der Waals surface area contributed by atoms with Gasteiger partial charge < -0.3 is 4.42 Å². The summed E-state index contributed by atoms with van der Waals surface area (Å²) in [6.45, 7) is 0. The molecule has 0 aliphatic heterocycles. The molecule has 4 nitrogen and oxygen atoms in total. The molecule has 0 spiro atoms. The summed E-state index contributed by atoms with van der Waals surface area (Å²) in [4.78, 5) is 11.1. The highest BCUT2D eigenvalue weighted by Crippen LogP contribution is 2.29. The minimum absolute atomic E-state index is 0.162. The van der Waals surface area contributed by atoms with Gasteiger partial charge >= 0.3 is 5.76 Å². The van der Waals surface area contributed by atoms with Crippen LogP contribution < -0.4 is 5.76 Å². The second kappa shape index (κ2) is 2.94. The molecule has 1 aliphatic carbocycles. The molecule has 0 amide bonds. The molecule has 66 valence electrons. The van der Waals surface area contributed by atoms with E-state index < -0.39 is 0 Å². The van der Waals surface area contributed by atoms with Gasteiger partial charge in [0, 0.05) is 0 Å². The molecule has 0 bridgehead atoms. The fourth-order valence-electron chi connectivity index (χ4n) is 1.24. The predicted octanol–water partition coefficient (Wildman–Crippen LogP) is 1.30. The van der Waals surface area contributed by atoms with Crippen molar-refractivity contribution in [1.29, 1.82) is 0 Å². The number of rotatable bonds is 2. The highest BCUT2D eigenvalue weighted by Gasteiger charge is 2.23. The quantitative estimate of drug-likeness (QED) is 0.658. The molecule has 12 heavy (non-hydrogen) atoms. The molecule has 1 aromatic rings. The molecule has 1 fully saturated rings. The second-order valence-corrected chi connectivity index (χ2v) is 3.19. The number of alkyl halides is 1. The molecule has 1 saturated carbocycles. The Morgan fingerprint density at radius 2 is 2.42 bits per heavy atom. The number of nitrogens with zero attached hydrogens (tertiary/aromatic N) is 2. The van der Waals surface area contributed by atoms with E-state index in [0.29, 0.717) is 5.89 Å². The first kappa shape index (κ1) is 7.86. The normalized spacial score (nSPS) is 17.8. The highest BCUT2D eigenvalue weighted by atomic mass is 35.5. The molecule has 0 N–H and O–H groups in total. The molecule has 5 heteroatoms. The lowest BCUT2D eigenvalue weighted by atomic mass is 9.94. The summed E-state index contributed by atoms with van der Waals surface area (Å²) in [7, 11) is 0. The van der Waals surface area contributed by atoms with Gasteiger partial charge in [0.1, 0.15) is 5.88 Å². The lowest BCUT2D eigenvalue weighted by Crippen LogP contribution is -2.26. The minimum atomic E-state index is -0.379. The standard InChI is InChI=1S/C7H9ClN2O2/c8-4-6-9-10(7(11)12-6)5-2-1-3-5/h5H,1-4H2.